The Morgan fingerprint density at radius 3 is 1.30 bits per heavy atom. The molecule has 10 heavy (non-hydrogen) atoms. The van der Waals surface area contributed by atoms with Gasteiger partial charge in [-0.1, -0.05) is 25.0 Å². The first-order valence-corrected chi connectivity index (χ1v) is 4.46. The van der Waals surface area contributed by atoms with Crippen molar-refractivity contribution in [2.75, 3.05) is 0 Å². The molecule has 0 amide bonds. The van der Waals surface area contributed by atoms with Crippen LogP contribution < -0.4 is 0 Å². The molecular weight excluding hydrogens is 120 g/mol. The molecule has 60 valence electrons. The van der Waals surface area contributed by atoms with Crippen molar-refractivity contribution >= 4 is 0 Å². The summed E-state index contributed by atoms with van der Waals surface area (Å²) in [5, 5.41) is 0. The minimum atomic E-state index is 1.35. The predicted molar refractivity (Wildman–Crippen MR) is 48.2 cm³/mol. The minimum Gasteiger partial charge on any atom is -0.0744 e. The monoisotopic (exact) mass is 140 g/mol. The van der Waals surface area contributed by atoms with Crippen LogP contribution in [0.1, 0.15) is 53.4 Å². The van der Waals surface area contributed by atoms with Crippen LogP contribution in [0.25, 0.3) is 0 Å². The molecule has 0 nitrogen and oxygen atoms in total. The maximum Gasteiger partial charge on any atom is -0.0320 e. The Bertz CT molecular complexity index is 95.2. The summed E-state index contributed by atoms with van der Waals surface area (Å²) in [6.07, 6.45) is 5.55. The fourth-order valence-corrected chi connectivity index (χ4v) is 1.21. The Balaban J connectivity index is 0.000000371. The van der Waals surface area contributed by atoms with Crippen molar-refractivity contribution in [3.8, 4) is 0 Å². The van der Waals surface area contributed by atoms with Crippen LogP contribution in [0.4, 0.5) is 0 Å². The summed E-state index contributed by atoms with van der Waals surface area (Å²) in [4.78, 5) is 0. The summed E-state index contributed by atoms with van der Waals surface area (Å²) >= 11 is 0. The van der Waals surface area contributed by atoms with E-state index in [2.05, 4.69) is 13.8 Å². The molecule has 0 saturated heterocycles. The minimum absolute atomic E-state index is 1.35. The van der Waals surface area contributed by atoms with Gasteiger partial charge in [0.05, 0.1) is 0 Å². The molecule has 1 rings (SSSR count). The quantitative estimate of drug-likeness (QED) is 0.447. The molecule has 1 aliphatic carbocycles. The summed E-state index contributed by atoms with van der Waals surface area (Å²) in [5.41, 5.74) is 3.27. The fourth-order valence-electron chi connectivity index (χ4n) is 1.21. The number of allylic oxidation sites excluding steroid dienone is 2. The summed E-state index contributed by atoms with van der Waals surface area (Å²) in [5.74, 6) is 0. The molecule has 0 saturated carbocycles. The Labute approximate surface area is 65.3 Å². The van der Waals surface area contributed by atoms with Gasteiger partial charge < -0.3 is 0 Å². The molecule has 0 aromatic heterocycles. The number of hydrogen-bond donors (Lipinski definition) is 0. The zero-order chi connectivity index (χ0) is 7.98. The van der Waals surface area contributed by atoms with Crippen molar-refractivity contribution in [3.63, 3.8) is 0 Å². The third kappa shape index (κ3) is 3.05. The van der Waals surface area contributed by atoms with Crippen molar-refractivity contribution in [2.24, 2.45) is 0 Å². The van der Waals surface area contributed by atoms with Crippen LogP contribution in [0, 0.1) is 0 Å². The molecule has 0 atom stereocenters. The smallest absolute Gasteiger partial charge is 0.0320 e. The van der Waals surface area contributed by atoms with Crippen molar-refractivity contribution in [3.05, 3.63) is 11.1 Å². The molecule has 0 spiro atoms. The van der Waals surface area contributed by atoms with Crippen LogP contribution in [-0.2, 0) is 0 Å². The van der Waals surface area contributed by atoms with Crippen molar-refractivity contribution in [2.45, 2.75) is 53.4 Å². The lowest BCUT2D eigenvalue weighted by molar-refractivity contribution is 0.672. The Morgan fingerprint density at radius 1 is 0.800 bits per heavy atom. The second-order valence-electron chi connectivity index (χ2n) is 2.77. The van der Waals surface area contributed by atoms with Gasteiger partial charge in [-0.25, -0.2) is 0 Å². The summed E-state index contributed by atoms with van der Waals surface area (Å²) in [7, 11) is 0. The zero-order valence-electron chi connectivity index (χ0n) is 7.83. The predicted octanol–water partition coefficient (Wildman–Crippen LogP) is 3.92. The number of rotatable bonds is 0. The summed E-state index contributed by atoms with van der Waals surface area (Å²) in [6.45, 7) is 8.52. The lowest BCUT2D eigenvalue weighted by Crippen LogP contribution is -1.92. The van der Waals surface area contributed by atoms with Crippen LogP contribution in [0.2, 0.25) is 0 Å². The summed E-state index contributed by atoms with van der Waals surface area (Å²) < 4.78 is 0. The lowest BCUT2D eigenvalue weighted by atomic mass is 9.94. The van der Waals surface area contributed by atoms with Crippen molar-refractivity contribution in [1.82, 2.24) is 0 Å². The van der Waals surface area contributed by atoms with Crippen LogP contribution in [-0.4, -0.2) is 0 Å². The first kappa shape index (κ1) is 9.74. The van der Waals surface area contributed by atoms with Gasteiger partial charge in [-0.2, -0.15) is 0 Å². The molecule has 0 aliphatic heterocycles. The van der Waals surface area contributed by atoms with E-state index in [9.17, 15) is 0 Å². The van der Waals surface area contributed by atoms with Gasteiger partial charge in [-0.15, -0.1) is 0 Å². The molecule has 0 heterocycles. The van der Waals surface area contributed by atoms with Gasteiger partial charge >= 0.3 is 0 Å². The highest BCUT2D eigenvalue weighted by atomic mass is 14.1. The average Bonchev–Trinajstić information content (AvgIpc) is 2.00. The highest BCUT2D eigenvalue weighted by Gasteiger charge is 2.02. The van der Waals surface area contributed by atoms with E-state index in [4.69, 9.17) is 0 Å². The van der Waals surface area contributed by atoms with Crippen LogP contribution in [0.5, 0.6) is 0 Å². The topological polar surface area (TPSA) is 0 Å². The van der Waals surface area contributed by atoms with Gasteiger partial charge in [-0.05, 0) is 39.5 Å². The van der Waals surface area contributed by atoms with Gasteiger partial charge in [0.15, 0.2) is 0 Å². The Morgan fingerprint density at radius 2 is 1.10 bits per heavy atom. The highest BCUT2D eigenvalue weighted by Crippen LogP contribution is 2.22. The first-order valence-electron chi connectivity index (χ1n) is 4.46. The normalized spacial score (nSPS) is 18.0. The van der Waals surface area contributed by atoms with Gasteiger partial charge in [0.25, 0.3) is 0 Å². The highest BCUT2D eigenvalue weighted by molar-refractivity contribution is 5.11. The molecule has 0 N–H and O–H groups in total. The average molecular weight is 140 g/mol. The van der Waals surface area contributed by atoms with Gasteiger partial charge in [0, 0.05) is 0 Å². The van der Waals surface area contributed by atoms with E-state index in [-0.39, 0.29) is 0 Å². The van der Waals surface area contributed by atoms with E-state index >= 15 is 0 Å². The lowest BCUT2D eigenvalue weighted by Gasteiger charge is -2.12. The van der Waals surface area contributed by atoms with E-state index in [1.165, 1.54) is 25.7 Å². The molecule has 0 fully saturated rings. The fraction of sp³-hybridized carbons (Fsp3) is 0.800. The molecule has 0 radical (unpaired) electrons. The molecule has 0 unspecified atom stereocenters. The Hall–Kier alpha value is -0.260. The van der Waals surface area contributed by atoms with Gasteiger partial charge in [0.1, 0.15) is 0 Å². The first-order chi connectivity index (χ1) is 4.80. The SMILES string of the molecule is CC.CC1=C(C)CCCC1. The third-order valence-electron chi connectivity index (χ3n) is 2.08. The van der Waals surface area contributed by atoms with Crippen molar-refractivity contribution < 1.29 is 0 Å². The summed E-state index contributed by atoms with van der Waals surface area (Å²) in [6, 6.07) is 0. The largest absolute Gasteiger partial charge is 0.0744 e. The van der Waals surface area contributed by atoms with Crippen LogP contribution in [0.3, 0.4) is 0 Å². The van der Waals surface area contributed by atoms with Crippen molar-refractivity contribution in [1.29, 1.82) is 0 Å². The van der Waals surface area contributed by atoms with Crippen LogP contribution in [0.15, 0.2) is 11.1 Å². The van der Waals surface area contributed by atoms with E-state index < -0.39 is 0 Å². The Kier molecular flexibility index (Phi) is 5.38. The van der Waals surface area contributed by atoms with E-state index in [0.29, 0.717) is 0 Å². The molecule has 0 bridgehead atoms. The second kappa shape index (κ2) is 5.52. The van der Waals surface area contributed by atoms with E-state index in [1.807, 2.05) is 13.8 Å². The standard InChI is InChI=1S/C8H14.C2H6/c1-7-5-3-4-6-8(7)2;1-2/h3-6H2,1-2H3;1-2H3. The maximum atomic E-state index is 2.26. The van der Waals surface area contributed by atoms with Gasteiger partial charge in [-0.3, -0.25) is 0 Å². The molecule has 0 aromatic carbocycles. The third-order valence-corrected chi connectivity index (χ3v) is 2.08. The molecule has 1 aliphatic rings. The zero-order valence-corrected chi connectivity index (χ0v) is 7.83. The van der Waals surface area contributed by atoms with E-state index in [0.717, 1.165) is 0 Å². The van der Waals surface area contributed by atoms with Crippen LogP contribution >= 0.6 is 0 Å². The maximum absolute atomic E-state index is 2.26. The number of hydrogen-bond acceptors (Lipinski definition) is 0. The molecular formula is C10H20. The second-order valence-corrected chi connectivity index (χ2v) is 2.77. The molecule has 0 heteroatoms. The van der Waals surface area contributed by atoms with Gasteiger partial charge in [0.2, 0.25) is 0 Å². The van der Waals surface area contributed by atoms with E-state index in [1.54, 1.807) is 11.1 Å². The molecule has 0 aromatic rings.